The third kappa shape index (κ3) is 3.34. The summed E-state index contributed by atoms with van der Waals surface area (Å²) in [6.45, 7) is 6.11. The van der Waals surface area contributed by atoms with Gasteiger partial charge in [-0.2, -0.15) is 0 Å². The molecular formula is C17H24N4OS. The highest BCUT2D eigenvalue weighted by Gasteiger charge is 2.20. The van der Waals surface area contributed by atoms with Crippen LogP contribution >= 0.6 is 11.3 Å². The standard InChI is InChI=1S/C17H24N4OS/c1(2-7-21-8-10-22-11-9-21)6-18-16-15-13-4-3-5-14(13)23-17(15)20-12-19-16/h12H,1-11H2,(H,18,19,20). The van der Waals surface area contributed by atoms with Gasteiger partial charge >= 0.3 is 0 Å². The molecule has 0 radical (unpaired) electrons. The summed E-state index contributed by atoms with van der Waals surface area (Å²) >= 11 is 1.85. The predicted molar refractivity (Wildman–Crippen MR) is 94.4 cm³/mol. The van der Waals surface area contributed by atoms with Crippen molar-refractivity contribution in [1.29, 1.82) is 0 Å². The Morgan fingerprint density at radius 2 is 2.09 bits per heavy atom. The van der Waals surface area contributed by atoms with E-state index < -0.39 is 0 Å². The van der Waals surface area contributed by atoms with E-state index in [0.29, 0.717) is 0 Å². The van der Waals surface area contributed by atoms with Crippen molar-refractivity contribution < 1.29 is 4.74 Å². The lowest BCUT2D eigenvalue weighted by molar-refractivity contribution is 0.0373. The van der Waals surface area contributed by atoms with Crippen LogP contribution in [0.2, 0.25) is 0 Å². The van der Waals surface area contributed by atoms with E-state index in [-0.39, 0.29) is 0 Å². The van der Waals surface area contributed by atoms with E-state index in [1.54, 1.807) is 6.33 Å². The molecule has 2 aliphatic rings. The Hall–Kier alpha value is -1.24. The monoisotopic (exact) mass is 332 g/mol. The average Bonchev–Trinajstić information content (AvgIpc) is 3.16. The molecule has 124 valence electrons. The minimum absolute atomic E-state index is 0.889. The van der Waals surface area contributed by atoms with Crippen molar-refractivity contribution >= 4 is 27.4 Å². The molecular weight excluding hydrogens is 308 g/mol. The zero-order valence-corrected chi connectivity index (χ0v) is 14.3. The summed E-state index contributed by atoms with van der Waals surface area (Å²) in [5.74, 6) is 1.04. The van der Waals surface area contributed by atoms with E-state index in [2.05, 4.69) is 20.2 Å². The molecule has 23 heavy (non-hydrogen) atoms. The average molecular weight is 332 g/mol. The van der Waals surface area contributed by atoms with E-state index >= 15 is 0 Å². The summed E-state index contributed by atoms with van der Waals surface area (Å²) < 4.78 is 5.39. The molecule has 1 N–H and O–H groups in total. The van der Waals surface area contributed by atoms with E-state index in [4.69, 9.17) is 4.74 Å². The Morgan fingerprint density at radius 3 is 3.00 bits per heavy atom. The fourth-order valence-corrected chi connectivity index (χ4v) is 4.78. The third-order valence-corrected chi connectivity index (χ3v) is 6.00. The fraction of sp³-hybridized carbons (Fsp3) is 0.647. The first-order chi connectivity index (χ1) is 11.4. The van der Waals surface area contributed by atoms with Crippen LogP contribution in [0.3, 0.4) is 0 Å². The molecule has 0 unspecified atom stereocenters. The number of morpholine rings is 1. The summed E-state index contributed by atoms with van der Waals surface area (Å²) in [5.41, 5.74) is 1.50. The van der Waals surface area contributed by atoms with Crippen LogP contribution in [0.15, 0.2) is 6.33 Å². The highest BCUT2D eigenvalue weighted by molar-refractivity contribution is 7.19. The highest BCUT2D eigenvalue weighted by atomic mass is 32.1. The number of thiophene rings is 1. The number of ether oxygens (including phenoxy) is 1. The van der Waals surface area contributed by atoms with Crippen LogP contribution in [-0.4, -0.2) is 54.3 Å². The summed E-state index contributed by atoms with van der Waals surface area (Å²) in [6, 6.07) is 0. The summed E-state index contributed by atoms with van der Waals surface area (Å²) in [6.07, 6.45) is 7.79. The quantitative estimate of drug-likeness (QED) is 0.824. The first-order valence-electron chi connectivity index (χ1n) is 8.71. The molecule has 5 nitrogen and oxygen atoms in total. The van der Waals surface area contributed by atoms with E-state index in [0.717, 1.165) is 43.5 Å². The van der Waals surface area contributed by atoms with Crippen LogP contribution in [0.1, 0.15) is 29.7 Å². The maximum Gasteiger partial charge on any atom is 0.138 e. The van der Waals surface area contributed by atoms with Crippen molar-refractivity contribution in [2.75, 3.05) is 44.7 Å². The number of hydrogen-bond acceptors (Lipinski definition) is 6. The second kappa shape index (κ2) is 7.11. The molecule has 1 saturated heterocycles. The molecule has 2 aromatic rings. The van der Waals surface area contributed by atoms with Gasteiger partial charge in [0.05, 0.1) is 18.6 Å². The number of nitrogens with one attached hydrogen (secondary N) is 1. The van der Waals surface area contributed by atoms with Crippen LogP contribution < -0.4 is 5.32 Å². The molecule has 6 heteroatoms. The Bertz CT molecular complexity index is 666. The van der Waals surface area contributed by atoms with E-state index in [1.165, 1.54) is 54.5 Å². The van der Waals surface area contributed by atoms with Crippen molar-refractivity contribution in [2.24, 2.45) is 0 Å². The number of unbranched alkanes of at least 4 members (excludes halogenated alkanes) is 1. The molecule has 3 heterocycles. The second-order valence-electron chi connectivity index (χ2n) is 6.35. The van der Waals surface area contributed by atoms with Gasteiger partial charge < -0.3 is 10.1 Å². The molecule has 1 aliphatic carbocycles. The van der Waals surface area contributed by atoms with Gasteiger partial charge in [0.25, 0.3) is 0 Å². The predicted octanol–water partition coefficient (Wildman–Crippen LogP) is 2.70. The van der Waals surface area contributed by atoms with Gasteiger partial charge in [0.15, 0.2) is 0 Å². The van der Waals surface area contributed by atoms with Gasteiger partial charge in [-0.25, -0.2) is 9.97 Å². The van der Waals surface area contributed by atoms with E-state index in [9.17, 15) is 0 Å². The number of aryl methyl sites for hydroxylation is 2. The van der Waals surface area contributed by atoms with Crippen molar-refractivity contribution in [1.82, 2.24) is 14.9 Å². The van der Waals surface area contributed by atoms with Crippen molar-refractivity contribution in [2.45, 2.75) is 32.1 Å². The van der Waals surface area contributed by atoms with Crippen molar-refractivity contribution in [3.63, 3.8) is 0 Å². The molecule has 0 atom stereocenters. The van der Waals surface area contributed by atoms with Gasteiger partial charge in [0, 0.05) is 24.5 Å². The smallest absolute Gasteiger partial charge is 0.138 e. The number of nitrogens with zero attached hydrogens (tertiary/aromatic N) is 3. The molecule has 0 bridgehead atoms. The zero-order valence-electron chi connectivity index (χ0n) is 13.5. The first kappa shape index (κ1) is 15.3. The Labute approximate surface area is 141 Å². The van der Waals surface area contributed by atoms with Crippen molar-refractivity contribution in [3.05, 3.63) is 16.8 Å². The van der Waals surface area contributed by atoms with Crippen molar-refractivity contribution in [3.8, 4) is 0 Å². The molecule has 1 fully saturated rings. The molecule has 2 aromatic heterocycles. The van der Waals surface area contributed by atoms with E-state index in [1.807, 2.05) is 11.3 Å². The summed E-state index contributed by atoms with van der Waals surface area (Å²) in [4.78, 5) is 14.1. The maximum atomic E-state index is 5.39. The molecule has 4 rings (SSSR count). The van der Waals surface area contributed by atoms with Crippen LogP contribution in [0.4, 0.5) is 5.82 Å². The summed E-state index contributed by atoms with van der Waals surface area (Å²) in [5, 5.41) is 4.84. The third-order valence-electron chi connectivity index (χ3n) is 4.80. The number of hydrogen-bond donors (Lipinski definition) is 1. The van der Waals surface area contributed by atoms with Gasteiger partial charge in [0.1, 0.15) is 17.0 Å². The number of fused-ring (bicyclic) bond motifs is 3. The lowest BCUT2D eigenvalue weighted by Crippen LogP contribution is -2.36. The van der Waals surface area contributed by atoms with Crippen LogP contribution in [0.5, 0.6) is 0 Å². The SMILES string of the molecule is c1nc(NCCCCN2CCOCC2)c2c3c(sc2n1)CCC3. The molecule has 1 aliphatic heterocycles. The minimum Gasteiger partial charge on any atom is -0.379 e. The van der Waals surface area contributed by atoms with Gasteiger partial charge in [-0.15, -0.1) is 11.3 Å². The van der Waals surface area contributed by atoms with Crippen LogP contribution in [-0.2, 0) is 17.6 Å². The molecule has 0 amide bonds. The zero-order chi connectivity index (χ0) is 15.5. The number of aromatic nitrogens is 2. The Kier molecular flexibility index (Phi) is 4.73. The largest absolute Gasteiger partial charge is 0.379 e. The van der Waals surface area contributed by atoms with Gasteiger partial charge in [-0.05, 0) is 44.2 Å². The number of rotatable bonds is 6. The lowest BCUT2D eigenvalue weighted by atomic mass is 10.2. The van der Waals surface area contributed by atoms with Crippen LogP contribution in [0.25, 0.3) is 10.2 Å². The Morgan fingerprint density at radius 1 is 1.17 bits per heavy atom. The lowest BCUT2D eigenvalue weighted by Gasteiger charge is -2.26. The first-order valence-corrected chi connectivity index (χ1v) is 9.53. The summed E-state index contributed by atoms with van der Waals surface area (Å²) in [7, 11) is 0. The van der Waals surface area contributed by atoms with Gasteiger partial charge in [-0.3, -0.25) is 4.90 Å². The van der Waals surface area contributed by atoms with Gasteiger partial charge in [-0.1, -0.05) is 0 Å². The van der Waals surface area contributed by atoms with Gasteiger partial charge in [0.2, 0.25) is 0 Å². The highest BCUT2D eigenvalue weighted by Crippen LogP contribution is 2.38. The number of anilines is 1. The molecule has 0 spiro atoms. The minimum atomic E-state index is 0.889. The Balaban J connectivity index is 1.31. The van der Waals surface area contributed by atoms with Crippen LogP contribution in [0, 0.1) is 0 Å². The maximum absolute atomic E-state index is 5.39. The molecule has 0 saturated carbocycles. The normalized spacial score (nSPS) is 18.4. The topological polar surface area (TPSA) is 50.3 Å². The second-order valence-corrected chi connectivity index (χ2v) is 7.43. The fourth-order valence-electron chi connectivity index (χ4n) is 3.55. The molecule has 0 aromatic carbocycles.